The molecule has 0 bridgehead atoms. The first-order valence-electron chi connectivity index (χ1n) is 6.86. The van der Waals surface area contributed by atoms with Crippen LogP contribution in [0.3, 0.4) is 0 Å². The summed E-state index contributed by atoms with van der Waals surface area (Å²) >= 11 is 0. The van der Waals surface area contributed by atoms with Gasteiger partial charge in [-0.3, -0.25) is 0 Å². The summed E-state index contributed by atoms with van der Waals surface area (Å²) in [6, 6.07) is 4.00. The van der Waals surface area contributed by atoms with E-state index in [1.54, 1.807) is 0 Å². The van der Waals surface area contributed by atoms with Gasteiger partial charge in [0.05, 0.1) is 0 Å². The van der Waals surface area contributed by atoms with Crippen molar-refractivity contribution in [2.45, 2.75) is 38.6 Å². The molecule has 0 radical (unpaired) electrons. The summed E-state index contributed by atoms with van der Waals surface area (Å²) in [5.41, 5.74) is 7.92. The zero-order chi connectivity index (χ0) is 12.5. The normalized spacial score (nSPS) is 23.9. The highest BCUT2D eigenvalue weighted by Gasteiger charge is 2.31. The first-order chi connectivity index (χ1) is 8.85. The lowest BCUT2D eigenvalue weighted by Gasteiger charge is -2.18. The Labute approximate surface area is 107 Å². The van der Waals surface area contributed by atoms with E-state index >= 15 is 0 Å². The summed E-state index contributed by atoms with van der Waals surface area (Å²) in [4.78, 5) is 9.27. The van der Waals surface area contributed by atoms with Crippen LogP contribution in [0.5, 0.6) is 0 Å². The van der Waals surface area contributed by atoms with Crippen LogP contribution in [0, 0.1) is 5.92 Å². The standard InChI is InChI=1S/C14H20N4/c1-2-18-13(11-6-3-5-10(11)9-15)17-12-7-4-8-16-14(12)18/h4,7-8,10-11H,2-3,5-6,9,15H2,1H3. The van der Waals surface area contributed by atoms with E-state index in [0.29, 0.717) is 11.8 Å². The van der Waals surface area contributed by atoms with Crippen LogP contribution in [0.2, 0.25) is 0 Å². The van der Waals surface area contributed by atoms with Crippen LogP contribution in [-0.4, -0.2) is 21.1 Å². The molecule has 2 N–H and O–H groups in total. The van der Waals surface area contributed by atoms with Crippen LogP contribution in [0.25, 0.3) is 11.2 Å². The highest BCUT2D eigenvalue weighted by molar-refractivity contribution is 5.71. The van der Waals surface area contributed by atoms with E-state index in [0.717, 1.165) is 24.3 Å². The molecule has 0 spiro atoms. The fourth-order valence-corrected chi connectivity index (χ4v) is 3.23. The first kappa shape index (κ1) is 11.7. The lowest BCUT2D eigenvalue weighted by Crippen LogP contribution is -2.20. The number of nitrogens with zero attached hydrogens (tertiary/aromatic N) is 3. The van der Waals surface area contributed by atoms with Gasteiger partial charge in [-0.05, 0) is 44.4 Å². The van der Waals surface area contributed by atoms with Gasteiger partial charge < -0.3 is 10.3 Å². The zero-order valence-electron chi connectivity index (χ0n) is 10.8. The maximum Gasteiger partial charge on any atom is 0.159 e. The Morgan fingerprint density at radius 1 is 1.44 bits per heavy atom. The van der Waals surface area contributed by atoms with Crippen molar-refractivity contribution in [3.8, 4) is 0 Å². The molecule has 96 valence electrons. The second-order valence-corrected chi connectivity index (χ2v) is 5.09. The zero-order valence-corrected chi connectivity index (χ0v) is 10.8. The van der Waals surface area contributed by atoms with Crippen molar-refractivity contribution in [3.05, 3.63) is 24.2 Å². The average molecular weight is 244 g/mol. The molecule has 2 aromatic heterocycles. The third kappa shape index (κ3) is 1.72. The Balaban J connectivity index is 2.10. The molecule has 2 atom stereocenters. The largest absolute Gasteiger partial charge is 0.330 e. The molecule has 2 heterocycles. The summed E-state index contributed by atoms with van der Waals surface area (Å²) in [5, 5.41) is 0. The van der Waals surface area contributed by atoms with E-state index in [1.807, 2.05) is 18.3 Å². The fraction of sp³-hybridized carbons (Fsp3) is 0.571. The van der Waals surface area contributed by atoms with Crippen LogP contribution >= 0.6 is 0 Å². The predicted molar refractivity (Wildman–Crippen MR) is 72.3 cm³/mol. The van der Waals surface area contributed by atoms with Crippen molar-refractivity contribution in [2.24, 2.45) is 11.7 Å². The van der Waals surface area contributed by atoms with E-state index in [2.05, 4.69) is 16.5 Å². The van der Waals surface area contributed by atoms with E-state index in [4.69, 9.17) is 10.7 Å². The summed E-state index contributed by atoms with van der Waals surface area (Å²) in [7, 11) is 0. The first-order valence-corrected chi connectivity index (χ1v) is 6.86. The Bertz CT molecular complexity index is 546. The topological polar surface area (TPSA) is 56.7 Å². The van der Waals surface area contributed by atoms with Crippen LogP contribution in [0.15, 0.2) is 18.3 Å². The highest BCUT2D eigenvalue weighted by atomic mass is 15.1. The number of aryl methyl sites for hydroxylation is 1. The second kappa shape index (κ2) is 4.69. The average Bonchev–Trinajstić information content (AvgIpc) is 3.01. The third-order valence-electron chi connectivity index (χ3n) is 4.14. The minimum Gasteiger partial charge on any atom is -0.330 e. The van der Waals surface area contributed by atoms with Crippen LogP contribution in [0.1, 0.15) is 37.9 Å². The van der Waals surface area contributed by atoms with Gasteiger partial charge in [0.1, 0.15) is 11.3 Å². The molecular weight excluding hydrogens is 224 g/mol. The summed E-state index contributed by atoms with van der Waals surface area (Å²) in [6.07, 6.45) is 5.56. The predicted octanol–water partition coefficient (Wildman–Crippen LogP) is 2.29. The maximum atomic E-state index is 5.89. The van der Waals surface area contributed by atoms with E-state index in [-0.39, 0.29) is 0 Å². The summed E-state index contributed by atoms with van der Waals surface area (Å²) < 4.78 is 2.26. The molecule has 1 fully saturated rings. The molecule has 1 saturated carbocycles. The summed E-state index contributed by atoms with van der Waals surface area (Å²) in [6.45, 7) is 3.85. The van der Waals surface area contributed by atoms with E-state index in [1.165, 1.54) is 25.1 Å². The third-order valence-corrected chi connectivity index (χ3v) is 4.14. The van der Waals surface area contributed by atoms with Crippen LogP contribution in [0.4, 0.5) is 0 Å². The monoisotopic (exact) mass is 244 g/mol. The van der Waals surface area contributed by atoms with Crippen molar-refractivity contribution >= 4 is 11.2 Å². The minimum atomic E-state index is 0.518. The number of hydrogen-bond donors (Lipinski definition) is 1. The smallest absolute Gasteiger partial charge is 0.159 e. The number of nitrogens with two attached hydrogens (primary N) is 1. The van der Waals surface area contributed by atoms with Crippen molar-refractivity contribution in [2.75, 3.05) is 6.54 Å². The van der Waals surface area contributed by atoms with Crippen molar-refractivity contribution in [1.29, 1.82) is 0 Å². The SMILES string of the molecule is CCn1c(C2CCCC2CN)nc2cccnc21. The molecule has 0 saturated heterocycles. The van der Waals surface area contributed by atoms with Gasteiger partial charge in [0.15, 0.2) is 5.65 Å². The van der Waals surface area contributed by atoms with Crippen molar-refractivity contribution in [1.82, 2.24) is 14.5 Å². The number of rotatable bonds is 3. The summed E-state index contributed by atoms with van der Waals surface area (Å²) in [5.74, 6) is 2.30. The Kier molecular flexibility index (Phi) is 3.04. The van der Waals surface area contributed by atoms with Crippen LogP contribution < -0.4 is 5.73 Å². The van der Waals surface area contributed by atoms with Gasteiger partial charge in [0, 0.05) is 18.7 Å². The fourth-order valence-electron chi connectivity index (χ4n) is 3.23. The number of hydrogen-bond acceptors (Lipinski definition) is 3. The lowest BCUT2D eigenvalue weighted by atomic mass is 9.95. The molecule has 0 amide bonds. The van der Waals surface area contributed by atoms with Gasteiger partial charge in [0.25, 0.3) is 0 Å². The van der Waals surface area contributed by atoms with Gasteiger partial charge in [-0.1, -0.05) is 6.42 Å². The number of aromatic nitrogens is 3. The van der Waals surface area contributed by atoms with E-state index in [9.17, 15) is 0 Å². The van der Waals surface area contributed by atoms with Crippen molar-refractivity contribution in [3.63, 3.8) is 0 Å². The van der Waals surface area contributed by atoms with Gasteiger partial charge in [-0.2, -0.15) is 0 Å². The molecule has 18 heavy (non-hydrogen) atoms. The molecule has 1 aliphatic rings. The molecule has 2 unspecified atom stereocenters. The Hall–Kier alpha value is -1.42. The molecular formula is C14H20N4. The molecule has 1 aliphatic carbocycles. The molecule has 0 aliphatic heterocycles. The number of fused-ring (bicyclic) bond motifs is 1. The Morgan fingerprint density at radius 3 is 3.11 bits per heavy atom. The van der Waals surface area contributed by atoms with E-state index < -0.39 is 0 Å². The molecule has 3 rings (SSSR count). The van der Waals surface area contributed by atoms with Gasteiger partial charge in [0.2, 0.25) is 0 Å². The van der Waals surface area contributed by atoms with Gasteiger partial charge in [-0.25, -0.2) is 9.97 Å². The number of pyridine rings is 1. The number of imidazole rings is 1. The lowest BCUT2D eigenvalue weighted by molar-refractivity contribution is 0.462. The van der Waals surface area contributed by atoms with Crippen LogP contribution in [-0.2, 0) is 6.54 Å². The van der Waals surface area contributed by atoms with Gasteiger partial charge >= 0.3 is 0 Å². The molecule has 4 heteroatoms. The molecule has 0 aromatic carbocycles. The quantitative estimate of drug-likeness (QED) is 0.901. The van der Waals surface area contributed by atoms with Gasteiger partial charge in [-0.15, -0.1) is 0 Å². The van der Waals surface area contributed by atoms with Crippen molar-refractivity contribution < 1.29 is 0 Å². The molecule has 2 aromatic rings. The molecule has 4 nitrogen and oxygen atoms in total. The minimum absolute atomic E-state index is 0.518. The Morgan fingerprint density at radius 2 is 2.33 bits per heavy atom. The second-order valence-electron chi connectivity index (χ2n) is 5.09. The maximum absolute atomic E-state index is 5.89. The highest BCUT2D eigenvalue weighted by Crippen LogP contribution is 2.39.